The minimum Gasteiger partial charge on any atom is -0.491 e. The largest absolute Gasteiger partial charge is 0.491 e. The third-order valence-electron chi connectivity index (χ3n) is 3.72. The van der Waals surface area contributed by atoms with Gasteiger partial charge in [0.15, 0.2) is 0 Å². The third kappa shape index (κ3) is 3.97. The summed E-state index contributed by atoms with van der Waals surface area (Å²) in [5.74, 6) is 1.41. The average molecular weight is 405 g/mol. The van der Waals surface area contributed by atoms with Crippen LogP contribution in [0.5, 0.6) is 5.75 Å². The summed E-state index contributed by atoms with van der Waals surface area (Å²) in [6.07, 6.45) is 3.72. The summed E-state index contributed by atoms with van der Waals surface area (Å²) in [6.45, 7) is 3.32. The van der Waals surface area contributed by atoms with Crippen molar-refractivity contribution < 1.29 is 9.47 Å². The minimum atomic E-state index is 0.519. The van der Waals surface area contributed by atoms with E-state index in [4.69, 9.17) is 9.47 Å². The topological polar surface area (TPSA) is 30.5 Å². The van der Waals surface area contributed by atoms with Crippen LogP contribution in [0.4, 0.5) is 0 Å². The fourth-order valence-electron chi connectivity index (χ4n) is 2.32. The van der Waals surface area contributed by atoms with Crippen molar-refractivity contribution in [1.29, 1.82) is 0 Å². The van der Waals surface area contributed by atoms with Crippen LogP contribution in [0, 0.1) is 5.92 Å². The average Bonchev–Trinajstić information content (AvgIpc) is 3.10. The maximum Gasteiger partial charge on any atom is 0.147 e. The lowest BCUT2D eigenvalue weighted by Gasteiger charge is -2.15. The predicted molar refractivity (Wildman–Crippen MR) is 86.1 cm³/mol. The number of hydrogen-bond acceptors (Lipinski definition) is 3. The Morgan fingerprint density at radius 2 is 1.95 bits per heavy atom. The van der Waals surface area contributed by atoms with Crippen LogP contribution in [0.1, 0.15) is 24.8 Å². The van der Waals surface area contributed by atoms with Gasteiger partial charge in [-0.3, -0.25) is 0 Å². The normalized spacial score (nSPS) is 22.2. The maximum atomic E-state index is 5.95. The molecule has 0 amide bonds. The van der Waals surface area contributed by atoms with Crippen molar-refractivity contribution in [3.8, 4) is 5.75 Å². The first-order valence-electron chi connectivity index (χ1n) is 7.14. The molecule has 20 heavy (non-hydrogen) atoms. The van der Waals surface area contributed by atoms with E-state index in [0.717, 1.165) is 53.5 Å². The quantitative estimate of drug-likeness (QED) is 0.780. The zero-order valence-corrected chi connectivity index (χ0v) is 14.5. The van der Waals surface area contributed by atoms with Crippen molar-refractivity contribution in [3.05, 3.63) is 26.6 Å². The molecule has 3 nitrogen and oxygen atoms in total. The van der Waals surface area contributed by atoms with Crippen molar-refractivity contribution in [2.24, 2.45) is 5.92 Å². The monoisotopic (exact) mass is 403 g/mol. The molecular formula is C15H19Br2NO2. The highest BCUT2D eigenvalue weighted by Gasteiger charge is 2.21. The standard InChI is InChI=1S/C15H19Br2NO2/c16-13-5-11(7-18-12-1-2-12)6-14(17)15(13)20-9-10-3-4-19-8-10/h5-6,10,12,18H,1-4,7-9H2. The van der Waals surface area contributed by atoms with E-state index in [9.17, 15) is 0 Å². The van der Waals surface area contributed by atoms with E-state index in [2.05, 4.69) is 49.3 Å². The SMILES string of the molecule is Brc1cc(CNC2CC2)cc(Br)c1OCC1CCOC1. The molecule has 1 N–H and O–H groups in total. The van der Waals surface area contributed by atoms with Gasteiger partial charge in [-0.15, -0.1) is 0 Å². The van der Waals surface area contributed by atoms with Gasteiger partial charge in [-0.2, -0.15) is 0 Å². The summed E-state index contributed by atoms with van der Waals surface area (Å²) in [5.41, 5.74) is 1.27. The van der Waals surface area contributed by atoms with Crippen LogP contribution in [0.3, 0.4) is 0 Å². The number of benzene rings is 1. The van der Waals surface area contributed by atoms with Crippen LogP contribution >= 0.6 is 31.9 Å². The van der Waals surface area contributed by atoms with Gasteiger partial charge in [-0.1, -0.05) is 0 Å². The van der Waals surface area contributed by atoms with E-state index in [1.165, 1.54) is 18.4 Å². The van der Waals surface area contributed by atoms with Gasteiger partial charge < -0.3 is 14.8 Å². The molecule has 1 aliphatic carbocycles. The molecule has 1 aliphatic heterocycles. The Hall–Kier alpha value is -0.100. The smallest absolute Gasteiger partial charge is 0.147 e. The number of halogens is 2. The van der Waals surface area contributed by atoms with E-state index in [-0.39, 0.29) is 0 Å². The van der Waals surface area contributed by atoms with Crippen LogP contribution in [-0.2, 0) is 11.3 Å². The van der Waals surface area contributed by atoms with E-state index in [0.29, 0.717) is 5.92 Å². The summed E-state index contributed by atoms with van der Waals surface area (Å²) in [5, 5.41) is 3.52. The zero-order chi connectivity index (χ0) is 13.9. The molecule has 1 unspecified atom stereocenters. The van der Waals surface area contributed by atoms with E-state index in [1.54, 1.807) is 0 Å². The Morgan fingerprint density at radius 3 is 2.55 bits per heavy atom. The maximum absolute atomic E-state index is 5.95. The first kappa shape index (κ1) is 14.8. The van der Waals surface area contributed by atoms with E-state index >= 15 is 0 Å². The van der Waals surface area contributed by atoms with Crippen molar-refractivity contribution in [2.75, 3.05) is 19.8 Å². The Morgan fingerprint density at radius 1 is 1.20 bits per heavy atom. The molecule has 1 heterocycles. The highest BCUT2D eigenvalue weighted by Crippen LogP contribution is 2.35. The van der Waals surface area contributed by atoms with Crippen LogP contribution in [0.25, 0.3) is 0 Å². The number of hydrogen-bond donors (Lipinski definition) is 1. The van der Waals surface area contributed by atoms with Crippen molar-refractivity contribution in [2.45, 2.75) is 31.8 Å². The van der Waals surface area contributed by atoms with Crippen LogP contribution in [-0.4, -0.2) is 25.9 Å². The fourth-order valence-corrected chi connectivity index (χ4v) is 3.83. The molecular weight excluding hydrogens is 386 g/mol. The highest BCUT2D eigenvalue weighted by molar-refractivity contribution is 9.11. The predicted octanol–water partition coefficient (Wildman–Crippen LogP) is 3.88. The Bertz CT molecular complexity index is 448. The lowest BCUT2D eigenvalue weighted by atomic mass is 10.1. The van der Waals surface area contributed by atoms with Gasteiger partial charge in [0.25, 0.3) is 0 Å². The molecule has 0 spiro atoms. The third-order valence-corrected chi connectivity index (χ3v) is 4.90. The molecule has 1 saturated carbocycles. The number of rotatable bonds is 6. The second-order valence-electron chi connectivity index (χ2n) is 5.58. The second-order valence-corrected chi connectivity index (χ2v) is 7.29. The van der Waals surface area contributed by atoms with Gasteiger partial charge in [0.2, 0.25) is 0 Å². The van der Waals surface area contributed by atoms with E-state index < -0.39 is 0 Å². The van der Waals surface area contributed by atoms with Gasteiger partial charge in [0, 0.05) is 25.1 Å². The molecule has 1 aromatic rings. The van der Waals surface area contributed by atoms with Crippen LogP contribution in [0.2, 0.25) is 0 Å². The zero-order valence-electron chi connectivity index (χ0n) is 11.3. The molecule has 1 aromatic carbocycles. The molecule has 0 radical (unpaired) electrons. The van der Waals surface area contributed by atoms with Crippen molar-refractivity contribution >= 4 is 31.9 Å². The van der Waals surface area contributed by atoms with Crippen LogP contribution in [0.15, 0.2) is 21.1 Å². The molecule has 5 heteroatoms. The fraction of sp³-hybridized carbons (Fsp3) is 0.600. The summed E-state index contributed by atoms with van der Waals surface area (Å²) in [6, 6.07) is 5.01. The molecule has 3 rings (SSSR count). The highest BCUT2D eigenvalue weighted by atomic mass is 79.9. The summed E-state index contributed by atoms with van der Waals surface area (Å²) >= 11 is 7.23. The van der Waals surface area contributed by atoms with Crippen molar-refractivity contribution in [3.63, 3.8) is 0 Å². The number of ether oxygens (including phenoxy) is 2. The van der Waals surface area contributed by atoms with Gasteiger partial charge in [0.05, 0.1) is 22.2 Å². The summed E-state index contributed by atoms with van der Waals surface area (Å²) in [4.78, 5) is 0. The summed E-state index contributed by atoms with van der Waals surface area (Å²) < 4.78 is 13.3. The van der Waals surface area contributed by atoms with Gasteiger partial charge >= 0.3 is 0 Å². The van der Waals surface area contributed by atoms with Crippen LogP contribution < -0.4 is 10.1 Å². The molecule has 0 bridgehead atoms. The molecule has 1 atom stereocenters. The molecule has 1 saturated heterocycles. The first-order chi connectivity index (χ1) is 9.72. The Kier molecular flexibility index (Phi) is 5.02. The number of nitrogens with one attached hydrogen (secondary N) is 1. The van der Waals surface area contributed by atoms with Gasteiger partial charge in [-0.25, -0.2) is 0 Å². The van der Waals surface area contributed by atoms with E-state index in [1.807, 2.05) is 0 Å². The minimum absolute atomic E-state index is 0.519. The molecule has 110 valence electrons. The van der Waals surface area contributed by atoms with Crippen molar-refractivity contribution in [1.82, 2.24) is 5.32 Å². The summed E-state index contributed by atoms with van der Waals surface area (Å²) in [7, 11) is 0. The molecule has 2 fully saturated rings. The lowest BCUT2D eigenvalue weighted by Crippen LogP contribution is -2.15. The Labute approximate surface area is 136 Å². The lowest BCUT2D eigenvalue weighted by molar-refractivity contribution is 0.166. The van der Waals surface area contributed by atoms with Gasteiger partial charge in [0.1, 0.15) is 5.75 Å². The molecule has 0 aromatic heterocycles. The second kappa shape index (κ2) is 6.77. The van der Waals surface area contributed by atoms with Gasteiger partial charge in [-0.05, 0) is 68.8 Å². The first-order valence-corrected chi connectivity index (χ1v) is 8.73. The Balaban J connectivity index is 1.60. The molecule has 2 aliphatic rings.